The minimum absolute atomic E-state index is 0.0535. The Hall–Kier alpha value is -3.52. The molecule has 1 amide bonds. The molecule has 9 nitrogen and oxygen atoms in total. The van der Waals surface area contributed by atoms with E-state index in [4.69, 9.17) is 12.2 Å². The summed E-state index contributed by atoms with van der Waals surface area (Å²) in [7, 11) is -3.93. The van der Waals surface area contributed by atoms with Crippen LogP contribution in [0, 0.1) is 0 Å². The van der Waals surface area contributed by atoms with Crippen LogP contribution < -0.4 is 14.9 Å². The standard InChI is InChI=1S/C22H21F3N6O3S2/c1-14(32)29-36(33,34)17-5-3-16(4-6-17)28-21(35)31-10-8-30(9-11-31)20-18-7-2-15(22(23,24)25)12-19(18)26-13-27-20/h2-7,12-13H,8-11H2,1H3,(H,28,35)(H,29,32). The molecule has 2 aromatic carbocycles. The molecule has 2 heterocycles. The van der Waals surface area contributed by atoms with E-state index in [9.17, 15) is 26.4 Å². The molecule has 14 heteroatoms. The van der Waals surface area contributed by atoms with Gasteiger partial charge in [0.25, 0.3) is 10.0 Å². The number of anilines is 2. The highest BCUT2D eigenvalue weighted by atomic mass is 32.2. The average molecular weight is 539 g/mol. The van der Waals surface area contributed by atoms with E-state index < -0.39 is 27.7 Å². The van der Waals surface area contributed by atoms with Crippen LogP contribution in [0.3, 0.4) is 0 Å². The number of halogens is 3. The summed E-state index contributed by atoms with van der Waals surface area (Å²) in [5.41, 5.74) is 0.0338. The number of fused-ring (bicyclic) bond motifs is 1. The number of aromatic nitrogens is 2. The van der Waals surface area contributed by atoms with Crippen molar-refractivity contribution in [3.8, 4) is 0 Å². The van der Waals surface area contributed by atoms with Gasteiger partial charge in [-0.25, -0.2) is 23.1 Å². The smallest absolute Gasteiger partial charge is 0.352 e. The Morgan fingerprint density at radius 2 is 1.69 bits per heavy atom. The first-order chi connectivity index (χ1) is 16.9. The highest BCUT2D eigenvalue weighted by Crippen LogP contribution is 2.33. The van der Waals surface area contributed by atoms with Crippen LogP contribution in [0.1, 0.15) is 12.5 Å². The molecule has 3 aromatic rings. The Bertz CT molecular complexity index is 1410. The summed E-state index contributed by atoms with van der Waals surface area (Å²) in [5, 5.41) is 4.04. The van der Waals surface area contributed by atoms with E-state index in [1.165, 1.54) is 24.5 Å². The molecule has 0 atom stereocenters. The SMILES string of the molecule is CC(=O)NS(=O)(=O)c1ccc(NC(=S)N2CCN(c3ncnc4cc(C(F)(F)F)ccc34)CC2)cc1. The highest BCUT2D eigenvalue weighted by Gasteiger charge is 2.31. The number of carbonyl (C=O) groups is 1. The summed E-state index contributed by atoms with van der Waals surface area (Å²) in [6, 6.07) is 9.23. The van der Waals surface area contributed by atoms with Gasteiger partial charge in [-0.1, -0.05) is 0 Å². The third-order valence-corrected chi connectivity index (χ3v) is 7.31. The van der Waals surface area contributed by atoms with Crippen molar-refractivity contribution < 1.29 is 26.4 Å². The summed E-state index contributed by atoms with van der Waals surface area (Å²) < 4.78 is 65.2. The third kappa shape index (κ3) is 5.65. The summed E-state index contributed by atoms with van der Waals surface area (Å²) in [4.78, 5) is 23.2. The summed E-state index contributed by atoms with van der Waals surface area (Å²) in [6.07, 6.45) is -3.19. The molecule has 1 aliphatic rings. The van der Waals surface area contributed by atoms with Crippen LogP contribution in [-0.2, 0) is 21.0 Å². The molecule has 190 valence electrons. The van der Waals surface area contributed by atoms with Crippen molar-refractivity contribution in [2.45, 2.75) is 18.0 Å². The average Bonchev–Trinajstić information content (AvgIpc) is 2.82. The lowest BCUT2D eigenvalue weighted by atomic mass is 10.1. The fourth-order valence-corrected chi connectivity index (χ4v) is 5.05. The Morgan fingerprint density at radius 3 is 2.31 bits per heavy atom. The van der Waals surface area contributed by atoms with E-state index >= 15 is 0 Å². The van der Waals surface area contributed by atoms with Gasteiger partial charge < -0.3 is 15.1 Å². The number of thiocarbonyl (C=S) groups is 1. The van der Waals surface area contributed by atoms with E-state index in [0.29, 0.717) is 48.2 Å². The molecule has 36 heavy (non-hydrogen) atoms. The van der Waals surface area contributed by atoms with Gasteiger partial charge in [0.2, 0.25) is 5.91 Å². The molecule has 1 saturated heterocycles. The van der Waals surface area contributed by atoms with Gasteiger partial charge in [-0.2, -0.15) is 13.2 Å². The summed E-state index contributed by atoms with van der Waals surface area (Å²) >= 11 is 5.49. The summed E-state index contributed by atoms with van der Waals surface area (Å²) in [6.45, 7) is 3.24. The summed E-state index contributed by atoms with van der Waals surface area (Å²) in [5.74, 6) is -0.123. The maximum absolute atomic E-state index is 13.0. The van der Waals surface area contributed by atoms with Crippen LogP contribution in [0.25, 0.3) is 10.9 Å². The number of amides is 1. The monoisotopic (exact) mass is 538 g/mol. The molecule has 0 radical (unpaired) electrons. The number of rotatable bonds is 4. The predicted molar refractivity (Wildman–Crippen MR) is 132 cm³/mol. The minimum atomic E-state index is -4.45. The van der Waals surface area contributed by atoms with Gasteiger partial charge in [-0.3, -0.25) is 4.79 Å². The first kappa shape index (κ1) is 25.6. The lowest BCUT2D eigenvalue weighted by Crippen LogP contribution is -2.50. The topological polar surface area (TPSA) is 108 Å². The van der Waals surface area contributed by atoms with Crippen LogP contribution in [0.5, 0.6) is 0 Å². The quantitative estimate of drug-likeness (QED) is 0.485. The van der Waals surface area contributed by atoms with E-state index in [1.807, 2.05) is 14.5 Å². The largest absolute Gasteiger partial charge is 0.416 e. The van der Waals surface area contributed by atoms with E-state index in [0.717, 1.165) is 19.1 Å². The second-order valence-electron chi connectivity index (χ2n) is 8.02. The lowest BCUT2D eigenvalue weighted by molar-refractivity contribution is -0.137. The van der Waals surface area contributed by atoms with Crippen molar-refractivity contribution in [1.82, 2.24) is 19.6 Å². The molecule has 0 saturated carbocycles. The molecule has 0 unspecified atom stereocenters. The number of sulfonamides is 1. The van der Waals surface area contributed by atoms with Gasteiger partial charge >= 0.3 is 6.18 Å². The third-order valence-electron chi connectivity index (χ3n) is 5.50. The molecule has 0 aliphatic carbocycles. The fourth-order valence-electron chi connectivity index (χ4n) is 3.76. The van der Waals surface area contributed by atoms with E-state index in [2.05, 4.69) is 15.3 Å². The molecule has 2 N–H and O–H groups in total. The van der Waals surface area contributed by atoms with Gasteiger partial charge in [0.05, 0.1) is 16.0 Å². The number of nitrogens with zero attached hydrogens (tertiary/aromatic N) is 4. The molecular formula is C22H21F3N6O3S2. The number of piperazine rings is 1. The zero-order valence-electron chi connectivity index (χ0n) is 18.9. The van der Waals surface area contributed by atoms with Gasteiger partial charge in [0, 0.05) is 44.2 Å². The van der Waals surface area contributed by atoms with Crippen molar-refractivity contribution in [2.75, 3.05) is 36.4 Å². The molecule has 0 spiro atoms. The number of benzene rings is 2. The molecule has 1 fully saturated rings. The zero-order chi connectivity index (χ0) is 26.1. The van der Waals surface area contributed by atoms with Crippen molar-refractivity contribution in [3.05, 3.63) is 54.4 Å². The maximum Gasteiger partial charge on any atom is 0.416 e. The molecule has 1 aliphatic heterocycles. The van der Waals surface area contributed by atoms with Crippen molar-refractivity contribution in [3.63, 3.8) is 0 Å². The normalized spacial score (nSPS) is 14.6. The first-order valence-corrected chi connectivity index (χ1v) is 12.6. The lowest BCUT2D eigenvalue weighted by Gasteiger charge is -2.37. The second kappa shape index (κ2) is 9.85. The Labute approximate surface area is 210 Å². The Balaban J connectivity index is 1.39. The first-order valence-electron chi connectivity index (χ1n) is 10.7. The predicted octanol–water partition coefficient (Wildman–Crippen LogP) is 2.99. The second-order valence-corrected chi connectivity index (χ2v) is 10.1. The molecule has 0 bridgehead atoms. The van der Waals surface area contributed by atoms with Gasteiger partial charge in [-0.15, -0.1) is 0 Å². The zero-order valence-corrected chi connectivity index (χ0v) is 20.5. The number of alkyl halides is 3. The molecule has 4 rings (SSSR count). The number of carbonyl (C=O) groups excluding carboxylic acids is 1. The fraction of sp³-hybridized carbons (Fsp3) is 0.273. The number of hydrogen-bond acceptors (Lipinski definition) is 7. The number of hydrogen-bond donors (Lipinski definition) is 2. The maximum atomic E-state index is 13.0. The van der Waals surface area contributed by atoms with Crippen LogP contribution in [0.4, 0.5) is 24.7 Å². The van der Waals surface area contributed by atoms with Gasteiger partial charge in [-0.05, 0) is 54.7 Å². The Kier molecular flexibility index (Phi) is 7.00. The van der Waals surface area contributed by atoms with E-state index in [1.54, 1.807) is 12.1 Å². The van der Waals surface area contributed by atoms with Crippen molar-refractivity contribution in [2.24, 2.45) is 0 Å². The molecule has 1 aromatic heterocycles. The Morgan fingerprint density at radius 1 is 1.03 bits per heavy atom. The van der Waals surface area contributed by atoms with Gasteiger partial charge in [0.1, 0.15) is 12.1 Å². The van der Waals surface area contributed by atoms with Gasteiger partial charge in [0.15, 0.2) is 5.11 Å². The highest BCUT2D eigenvalue weighted by molar-refractivity contribution is 7.90. The van der Waals surface area contributed by atoms with Crippen molar-refractivity contribution >= 4 is 55.7 Å². The van der Waals surface area contributed by atoms with Crippen LogP contribution in [0.2, 0.25) is 0 Å². The minimum Gasteiger partial charge on any atom is -0.352 e. The van der Waals surface area contributed by atoms with Crippen molar-refractivity contribution in [1.29, 1.82) is 0 Å². The van der Waals surface area contributed by atoms with Crippen LogP contribution >= 0.6 is 12.2 Å². The number of nitrogens with one attached hydrogen (secondary N) is 2. The van der Waals surface area contributed by atoms with E-state index in [-0.39, 0.29) is 10.4 Å². The molecular weight excluding hydrogens is 517 g/mol. The van der Waals surface area contributed by atoms with Crippen LogP contribution in [0.15, 0.2) is 53.7 Å². The van der Waals surface area contributed by atoms with Crippen LogP contribution in [-0.4, -0.2) is 60.5 Å².